The summed E-state index contributed by atoms with van der Waals surface area (Å²) in [5, 5.41) is 11.5. The predicted molar refractivity (Wildman–Crippen MR) is 61.1 cm³/mol. The number of thiazole rings is 1. The van der Waals surface area contributed by atoms with Crippen LogP contribution in [0.3, 0.4) is 0 Å². The third-order valence-corrected chi connectivity index (χ3v) is 3.37. The van der Waals surface area contributed by atoms with E-state index in [0.717, 1.165) is 37.1 Å². The molecule has 0 saturated carbocycles. The topological polar surface area (TPSA) is 62.7 Å². The van der Waals surface area contributed by atoms with Gasteiger partial charge in [-0.1, -0.05) is 0 Å². The second-order valence-corrected chi connectivity index (χ2v) is 4.45. The molecule has 0 amide bonds. The third-order valence-electron chi connectivity index (χ3n) is 2.42. The molecule has 16 heavy (non-hydrogen) atoms. The zero-order valence-electron chi connectivity index (χ0n) is 8.89. The number of aliphatic carboxylic acids is 1. The zero-order chi connectivity index (χ0) is 11.4. The highest BCUT2D eigenvalue weighted by atomic mass is 32.1. The lowest BCUT2D eigenvalue weighted by Crippen LogP contribution is -2.36. The van der Waals surface area contributed by atoms with E-state index in [-0.39, 0.29) is 6.42 Å². The SMILES string of the molecule is O=C(O)CCc1csc(N2CCOCC2)n1. The summed E-state index contributed by atoms with van der Waals surface area (Å²) >= 11 is 1.57. The monoisotopic (exact) mass is 242 g/mol. The first kappa shape index (κ1) is 11.3. The summed E-state index contributed by atoms with van der Waals surface area (Å²) < 4.78 is 5.26. The van der Waals surface area contributed by atoms with Gasteiger partial charge in [0, 0.05) is 24.9 Å². The van der Waals surface area contributed by atoms with E-state index in [1.807, 2.05) is 5.38 Å². The fourth-order valence-electron chi connectivity index (χ4n) is 1.55. The molecule has 0 radical (unpaired) electrons. The number of nitrogens with zero attached hydrogens (tertiary/aromatic N) is 2. The van der Waals surface area contributed by atoms with Crippen molar-refractivity contribution >= 4 is 22.4 Å². The fourth-order valence-corrected chi connectivity index (χ4v) is 2.46. The maximum atomic E-state index is 10.4. The van der Waals surface area contributed by atoms with Crippen LogP contribution < -0.4 is 4.90 Å². The maximum Gasteiger partial charge on any atom is 0.303 e. The number of carboxylic acids is 1. The lowest BCUT2D eigenvalue weighted by molar-refractivity contribution is -0.136. The molecular weight excluding hydrogens is 228 g/mol. The summed E-state index contributed by atoms with van der Waals surface area (Å²) in [5.41, 5.74) is 0.869. The van der Waals surface area contributed by atoms with Crippen LogP contribution in [0.4, 0.5) is 5.13 Å². The van der Waals surface area contributed by atoms with Gasteiger partial charge in [-0.05, 0) is 0 Å². The van der Waals surface area contributed by atoms with Gasteiger partial charge in [0.05, 0.1) is 25.3 Å². The van der Waals surface area contributed by atoms with Gasteiger partial charge in [0.1, 0.15) is 0 Å². The number of carboxylic acid groups (broad SMARTS) is 1. The maximum absolute atomic E-state index is 10.4. The molecule has 1 aliphatic heterocycles. The van der Waals surface area contributed by atoms with Crippen LogP contribution in [-0.2, 0) is 16.0 Å². The average molecular weight is 242 g/mol. The Morgan fingerprint density at radius 1 is 1.56 bits per heavy atom. The second kappa shape index (κ2) is 5.27. The standard InChI is InChI=1S/C10H14N2O3S/c13-9(14)2-1-8-7-16-10(11-8)12-3-5-15-6-4-12/h7H,1-6H2,(H,13,14). The number of rotatable bonds is 4. The van der Waals surface area contributed by atoms with Crippen LogP contribution in [0.15, 0.2) is 5.38 Å². The highest BCUT2D eigenvalue weighted by Crippen LogP contribution is 2.21. The molecule has 0 atom stereocenters. The zero-order valence-corrected chi connectivity index (χ0v) is 9.70. The number of hydrogen-bond donors (Lipinski definition) is 1. The molecule has 6 heteroatoms. The molecule has 0 aromatic carbocycles. The smallest absolute Gasteiger partial charge is 0.303 e. The van der Waals surface area contributed by atoms with E-state index >= 15 is 0 Å². The van der Waals surface area contributed by atoms with E-state index in [0.29, 0.717) is 6.42 Å². The summed E-state index contributed by atoms with van der Waals surface area (Å²) in [6.07, 6.45) is 0.655. The molecule has 2 rings (SSSR count). The molecule has 0 spiro atoms. The lowest BCUT2D eigenvalue weighted by atomic mass is 10.2. The molecule has 1 N–H and O–H groups in total. The summed E-state index contributed by atoms with van der Waals surface area (Å²) in [4.78, 5) is 17.0. The molecule has 0 unspecified atom stereocenters. The van der Waals surface area contributed by atoms with Crippen LogP contribution in [-0.4, -0.2) is 42.4 Å². The molecule has 2 heterocycles. The van der Waals surface area contributed by atoms with Crippen molar-refractivity contribution in [3.63, 3.8) is 0 Å². The summed E-state index contributed by atoms with van der Waals surface area (Å²) in [6, 6.07) is 0. The van der Waals surface area contributed by atoms with Gasteiger partial charge in [-0.3, -0.25) is 4.79 Å². The Morgan fingerprint density at radius 2 is 2.31 bits per heavy atom. The van der Waals surface area contributed by atoms with Gasteiger partial charge < -0.3 is 14.7 Å². The van der Waals surface area contributed by atoms with Crippen molar-refractivity contribution in [3.8, 4) is 0 Å². The van der Waals surface area contributed by atoms with E-state index < -0.39 is 5.97 Å². The molecule has 1 saturated heterocycles. The lowest BCUT2D eigenvalue weighted by Gasteiger charge is -2.26. The van der Waals surface area contributed by atoms with Gasteiger partial charge in [-0.15, -0.1) is 11.3 Å². The molecule has 0 bridgehead atoms. The van der Waals surface area contributed by atoms with Crippen molar-refractivity contribution in [2.24, 2.45) is 0 Å². The van der Waals surface area contributed by atoms with Gasteiger partial charge in [-0.25, -0.2) is 4.98 Å². The average Bonchev–Trinajstić information content (AvgIpc) is 2.76. The number of hydrogen-bond acceptors (Lipinski definition) is 5. The van der Waals surface area contributed by atoms with Crippen LogP contribution in [0.5, 0.6) is 0 Å². The van der Waals surface area contributed by atoms with Crippen LogP contribution >= 0.6 is 11.3 Å². The van der Waals surface area contributed by atoms with Crippen molar-refractivity contribution in [2.45, 2.75) is 12.8 Å². The van der Waals surface area contributed by atoms with Gasteiger partial charge in [0.15, 0.2) is 5.13 Å². The van der Waals surface area contributed by atoms with Crippen molar-refractivity contribution in [3.05, 3.63) is 11.1 Å². The van der Waals surface area contributed by atoms with Crippen molar-refractivity contribution in [1.82, 2.24) is 4.98 Å². The number of ether oxygens (including phenoxy) is 1. The number of morpholine rings is 1. The normalized spacial score (nSPS) is 16.4. The van der Waals surface area contributed by atoms with E-state index in [9.17, 15) is 4.79 Å². The molecule has 5 nitrogen and oxygen atoms in total. The highest BCUT2D eigenvalue weighted by molar-refractivity contribution is 7.13. The first-order valence-corrected chi connectivity index (χ1v) is 6.12. The minimum atomic E-state index is -0.777. The van der Waals surface area contributed by atoms with Crippen molar-refractivity contribution in [1.29, 1.82) is 0 Å². The Balaban J connectivity index is 1.93. The molecule has 1 aliphatic rings. The number of carbonyl (C=O) groups is 1. The minimum absolute atomic E-state index is 0.145. The number of anilines is 1. The molecule has 0 aliphatic carbocycles. The summed E-state index contributed by atoms with van der Waals surface area (Å²) in [7, 11) is 0. The number of aromatic nitrogens is 1. The first-order chi connectivity index (χ1) is 7.75. The summed E-state index contributed by atoms with van der Waals surface area (Å²) in [6.45, 7) is 3.21. The first-order valence-electron chi connectivity index (χ1n) is 5.24. The predicted octanol–water partition coefficient (Wildman–Crippen LogP) is 0.997. The van der Waals surface area contributed by atoms with Gasteiger partial charge in [0.25, 0.3) is 0 Å². The van der Waals surface area contributed by atoms with Crippen molar-refractivity contribution in [2.75, 3.05) is 31.2 Å². The molecule has 1 aromatic heterocycles. The van der Waals surface area contributed by atoms with Gasteiger partial charge in [-0.2, -0.15) is 0 Å². The van der Waals surface area contributed by atoms with E-state index in [2.05, 4.69) is 9.88 Å². The van der Waals surface area contributed by atoms with Crippen molar-refractivity contribution < 1.29 is 14.6 Å². The van der Waals surface area contributed by atoms with Crippen LogP contribution in [0.2, 0.25) is 0 Å². The minimum Gasteiger partial charge on any atom is -0.481 e. The Hall–Kier alpha value is -1.14. The fraction of sp³-hybridized carbons (Fsp3) is 0.600. The van der Waals surface area contributed by atoms with Gasteiger partial charge >= 0.3 is 5.97 Å². The van der Waals surface area contributed by atoms with Crippen LogP contribution in [0, 0.1) is 0 Å². The van der Waals surface area contributed by atoms with E-state index in [1.165, 1.54) is 0 Å². The molecule has 1 aromatic rings. The highest BCUT2D eigenvalue weighted by Gasteiger charge is 2.14. The second-order valence-electron chi connectivity index (χ2n) is 3.61. The quantitative estimate of drug-likeness (QED) is 0.853. The van der Waals surface area contributed by atoms with Crippen LogP contribution in [0.1, 0.15) is 12.1 Å². The van der Waals surface area contributed by atoms with Crippen LogP contribution in [0.25, 0.3) is 0 Å². The third kappa shape index (κ3) is 2.93. The molecular formula is C10H14N2O3S. The van der Waals surface area contributed by atoms with Gasteiger partial charge in [0.2, 0.25) is 0 Å². The Labute approximate surface area is 97.7 Å². The Kier molecular flexibility index (Phi) is 3.74. The molecule has 88 valence electrons. The Bertz CT molecular complexity index is 361. The van der Waals surface area contributed by atoms with E-state index in [1.54, 1.807) is 11.3 Å². The molecule has 1 fully saturated rings. The largest absolute Gasteiger partial charge is 0.481 e. The Morgan fingerprint density at radius 3 is 3.00 bits per heavy atom. The van der Waals surface area contributed by atoms with E-state index in [4.69, 9.17) is 9.84 Å². The summed E-state index contributed by atoms with van der Waals surface area (Å²) in [5.74, 6) is -0.777. The number of aryl methyl sites for hydroxylation is 1.